The Morgan fingerprint density at radius 3 is 1.97 bits per heavy atom. The number of phenolic OH excluding ortho intramolecular Hbond substituents is 1. The third-order valence-electron chi connectivity index (χ3n) is 6.56. The predicted octanol–water partition coefficient (Wildman–Crippen LogP) is 4.07. The number of carboxylic acids is 1. The molecule has 8 heteroatoms. The molecule has 1 aliphatic rings. The number of phenols is 1. The average molecular weight is 503 g/mol. The number of carbonyl (C=O) groups excluding carboxylic acids is 2. The molecule has 2 atom stereocenters. The van der Waals surface area contributed by atoms with Crippen LogP contribution in [0.25, 0.3) is 11.1 Å². The van der Waals surface area contributed by atoms with Crippen molar-refractivity contribution in [2.45, 2.75) is 38.3 Å². The highest BCUT2D eigenvalue weighted by molar-refractivity contribution is 5.89. The van der Waals surface area contributed by atoms with Crippen LogP contribution in [0.3, 0.4) is 0 Å². The van der Waals surface area contributed by atoms with Crippen LogP contribution in [0.1, 0.15) is 36.5 Å². The van der Waals surface area contributed by atoms with Crippen molar-refractivity contribution in [3.63, 3.8) is 0 Å². The summed E-state index contributed by atoms with van der Waals surface area (Å²) in [7, 11) is 0. The molecule has 0 unspecified atom stereocenters. The minimum atomic E-state index is -1.16. The van der Waals surface area contributed by atoms with Crippen LogP contribution in [-0.2, 0) is 20.7 Å². The summed E-state index contributed by atoms with van der Waals surface area (Å²) < 4.78 is 5.59. The Balaban J connectivity index is 1.48. The molecule has 4 N–H and O–H groups in total. The highest BCUT2D eigenvalue weighted by atomic mass is 16.5. The summed E-state index contributed by atoms with van der Waals surface area (Å²) in [5.74, 6) is -2.22. The third kappa shape index (κ3) is 5.91. The fourth-order valence-electron chi connectivity index (χ4n) is 4.63. The van der Waals surface area contributed by atoms with E-state index >= 15 is 0 Å². The molecule has 0 saturated carbocycles. The zero-order valence-electron chi connectivity index (χ0n) is 20.7. The van der Waals surface area contributed by atoms with Crippen LogP contribution in [0.15, 0.2) is 72.8 Å². The number of aliphatic carboxylic acids is 1. The number of rotatable bonds is 9. The van der Waals surface area contributed by atoms with E-state index < -0.39 is 30.1 Å². The van der Waals surface area contributed by atoms with Crippen molar-refractivity contribution in [3.8, 4) is 16.9 Å². The van der Waals surface area contributed by atoms with Gasteiger partial charge in [0, 0.05) is 12.3 Å². The van der Waals surface area contributed by atoms with Crippen molar-refractivity contribution in [1.29, 1.82) is 0 Å². The fraction of sp³-hybridized carbons (Fsp3) is 0.276. The number of alkyl carbamates (subject to hydrolysis) is 1. The summed E-state index contributed by atoms with van der Waals surface area (Å²) >= 11 is 0. The molecular formula is C29H30N2O6. The van der Waals surface area contributed by atoms with Gasteiger partial charge in [-0.2, -0.15) is 0 Å². The molecule has 0 fully saturated rings. The van der Waals surface area contributed by atoms with Gasteiger partial charge >= 0.3 is 12.1 Å². The number of ether oxygens (including phenoxy) is 1. The molecular weight excluding hydrogens is 472 g/mol. The molecule has 0 saturated heterocycles. The number of benzene rings is 3. The molecule has 4 rings (SSSR count). The number of hydrogen-bond acceptors (Lipinski definition) is 5. The van der Waals surface area contributed by atoms with Crippen molar-refractivity contribution in [2.24, 2.45) is 5.92 Å². The van der Waals surface area contributed by atoms with Crippen LogP contribution in [0.5, 0.6) is 5.75 Å². The maximum atomic E-state index is 13.1. The molecule has 8 nitrogen and oxygen atoms in total. The SMILES string of the molecule is CC(C)[C@H](NC(=O)[C@H](Cc1ccc(O)cc1)NC(=O)OCC1c2ccccc2-c2ccccc21)C(=O)O. The Hall–Kier alpha value is -4.33. The number of amides is 2. The highest BCUT2D eigenvalue weighted by Crippen LogP contribution is 2.44. The van der Waals surface area contributed by atoms with Crippen molar-refractivity contribution in [2.75, 3.05) is 6.61 Å². The number of carboxylic acid groups (broad SMARTS) is 1. The minimum Gasteiger partial charge on any atom is -0.508 e. The van der Waals surface area contributed by atoms with Gasteiger partial charge < -0.3 is 25.6 Å². The lowest BCUT2D eigenvalue weighted by atomic mass is 9.98. The number of hydrogen-bond donors (Lipinski definition) is 4. The first-order valence-corrected chi connectivity index (χ1v) is 12.2. The summed E-state index contributed by atoms with van der Waals surface area (Å²) in [6.45, 7) is 3.46. The normalized spacial score (nSPS) is 13.8. The number of fused-ring (bicyclic) bond motifs is 3. The predicted molar refractivity (Wildman–Crippen MR) is 138 cm³/mol. The molecule has 1 aliphatic carbocycles. The second kappa shape index (κ2) is 11.2. The zero-order valence-corrected chi connectivity index (χ0v) is 20.7. The van der Waals surface area contributed by atoms with Gasteiger partial charge in [0.05, 0.1) is 0 Å². The average Bonchev–Trinajstić information content (AvgIpc) is 3.20. The molecule has 3 aromatic rings. The second-order valence-corrected chi connectivity index (χ2v) is 9.46. The maximum Gasteiger partial charge on any atom is 0.407 e. The Labute approximate surface area is 215 Å². The summed E-state index contributed by atoms with van der Waals surface area (Å²) in [6, 6.07) is 20.0. The zero-order chi connectivity index (χ0) is 26.5. The number of aromatic hydroxyl groups is 1. The van der Waals surface area contributed by atoms with Crippen molar-refractivity contribution in [3.05, 3.63) is 89.5 Å². The van der Waals surface area contributed by atoms with Gasteiger partial charge in [0.1, 0.15) is 24.4 Å². The quantitative estimate of drug-likeness (QED) is 0.350. The van der Waals surface area contributed by atoms with Crippen molar-refractivity contribution < 1.29 is 29.3 Å². The topological polar surface area (TPSA) is 125 Å². The van der Waals surface area contributed by atoms with E-state index in [1.165, 1.54) is 12.1 Å². The third-order valence-corrected chi connectivity index (χ3v) is 6.56. The molecule has 192 valence electrons. The Kier molecular flexibility index (Phi) is 7.77. The lowest BCUT2D eigenvalue weighted by Crippen LogP contribution is -2.54. The van der Waals surface area contributed by atoms with Gasteiger partial charge in [-0.15, -0.1) is 0 Å². The Bertz CT molecular complexity index is 1240. The van der Waals surface area contributed by atoms with Gasteiger partial charge in [-0.25, -0.2) is 9.59 Å². The fourth-order valence-corrected chi connectivity index (χ4v) is 4.63. The van der Waals surface area contributed by atoms with E-state index in [9.17, 15) is 24.6 Å². The van der Waals surface area contributed by atoms with Gasteiger partial charge in [-0.1, -0.05) is 74.5 Å². The smallest absolute Gasteiger partial charge is 0.407 e. The van der Waals surface area contributed by atoms with Crippen LogP contribution >= 0.6 is 0 Å². The van der Waals surface area contributed by atoms with Crippen LogP contribution < -0.4 is 10.6 Å². The van der Waals surface area contributed by atoms with E-state index in [4.69, 9.17) is 4.74 Å². The lowest BCUT2D eigenvalue weighted by Gasteiger charge is -2.23. The van der Waals surface area contributed by atoms with E-state index in [-0.39, 0.29) is 30.6 Å². The van der Waals surface area contributed by atoms with Crippen LogP contribution in [-0.4, -0.2) is 46.9 Å². The standard InChI is InChI=1S/C29H30N2O6/c1-17(2)26(28(34)35)31-27(33)25(15-18-11-13-19(32)14-12-18)30-29(36)37-16-24-22-9-5-3-7-20(22)21-8-4-6-10-23(21)24/h3-14,17,24-26,32H,15-16H2,1-2H3,(H,30,36)(H,31,33)(H,34,35)/t25-,26-/m0/s1. The largest absolute Gasteiger partial charge is 0.508 e. The molecule has 0 aromatic heterocycles. The first-order valence-electron chi connectivity index (χ1n) is 12.2. The molecule has 0 spiro atoms. The highest BCUT2D eigenvalue weighted by Gasteiger charge is 2.31. The van der Waals surface area contributed by atoms with E-state index in [0.717, 1.165) is 22.3 Å². The van der Waals surface area contributed by atoms with E-state index in [0.29, 0.717) is 5.56 Å². The summed E-state index contributed by atoms with van der Waals surface area (Å²) in [6.07, 6.45) is -0.696. The van der Waals surface area contributed by atoms with Crippen LogP contribution in [0, 0.1) is 5.92 Å². The summed E-state index contributed by atoms with van der Waals surface area (Å²) in [5, 5.41) is 24.2. The van der Waals surface area contributed by atoms with Crippen LogP contribution in [0.2, 0.25) is 0 Å². The molecule has 0 heterocycles. The van der Waals surface area contributed by atoms with Crippen LogP contribution in [0.4, 0.5) is 4.79 Å². The van der Waals surface area contributed by atoms with Crippen molar-refractivity contribution >= 4 is 18.0 Å². The Morgan fingerprint density at radius 2 is 1.43 bits per heavy atom. The molecule has 0 radical (unpaired) electrons. The monoisotopic (exact) mass is 502 g/mol. The molecule has 0 bridgehead atoms. The lowest BCUT2D eigenvalue weighted by molar-refractivity contribution is -0.143. The van der Waals surface area contributed by atoms with Gasteiger partial charge in [-0.3, -0.25) is 4.79 Å². The minimum absolute atomic E-state index is 0.0694. The van der Waals surface area contributed by atoms with E-state index in [1.54, 1.807) is 26.0 Å². The van der Waals surface area contributed by atoms with Gasteiger partial charge in [-0.05, 0) is 45.9 Å². The van der Waals surface area contributed by atoms with Gasteiger partial charge in [0.15, 0.2) is 0 Å². The first kappa shape index (κ1) is 25.8. The Morgan fingerprint density at radius 1 is 0.865 bits per heavy atom. The number of nitrogens with one attached hydrogen (secondary N) is 2. The number of carbonyl (C=O) groups is 3. The van der Waals surface area contributed by atoms with E-state index in [1.807, 2.05) is 48.5 Å². The van der Waals surface area contributed by atoms with Gasteiger partial charge in [0.2, 0.25) is 5.91 Å². The molecule has 37 heavy (non-hydrogen) atoms. The molecule has 3 aromatic carbocycles. The van der Waals surface area contributed by atoms with E-state index in [2.05, 4.69) is 10.6 Å². The summed E-state index contributed by atoms with van der Waals surface area (Å²) in [5.41, 5.74) is 5.01. The van der Waals surface area contributed by atoms with Crippen molar-refractivity contribution in [1.82, 2.24) is 10.6 Å². The summed E-state index contributed by atoms with van der Waals surface area (Å²) in [4.78, 5) is 37.5. The molecule has 0 aliphatic heterocycles. The molecule has 2 amide bonds. The van der Waals surface area contributed by atoms with Gasteiger partial charge in [0.25, 0.3) is 0 Å². The second-order valence-electron chi connectivity index (χ2n) is 9.46. The maximum absolute atomic E-state index is 13.1. The first-order chi connectivity index (χ1) is 17.7.